The Hall–Kier alpha value is -2.91. The van der Waals surface area contributed by atoms with Crippen LogP contribution < -0.4 is 10.6 Å². The van der Waals surface area contributed by atoms with Crippen LogP contribution >= 0.6 is 12.4 Å². The molecule has 1 aliphatic rings. The Morgan fingerprint density at radius 3 is 2.39 bits per heavy atom. The Bertz CT molecular complexity index is 1050. The third-order valence-electron chi connectivity index (χ3n) is 5.25. The lowest BCUT2D eigenvalue weighted by Gasteiger charge is -2.33. The standard InChI is InChI=1S/C21H18F4N4O.ClH/c22-14-2-1-11(7-15(14)23)13-3-5-26-10-19(13)28-21(30)20-16(24)8-12(9-17(20)25)18-4-6-27-29-18;/h1-2,4,6-9,13,19,26H,3,5,10H2,(H,27,29)(H,28,30);1H/t13-,19+;/m0./s1. The van der Waals surface area contributed by atoms with Crippen LogP contribution in [0.4, 0.5) is 17.6 Å². The zero-order valence-corrected chi connectivity index (χ0v) is 16.9. The average Bonchev–Trinajstić information content (AvgIpc) is 3.25. The second-order valence-corrected chi connectivity index (χ2v) is 7.14. The summed E-state index contributed by atoms with van der Waals surface area (Å²) < 4.78 is 56.1. The van der Waals surface area contributed by atoms with Crippen molar-refractivity contribution >= 4 is 18.3 Å². The summed E-state index contributed by atoms with van der Waals surface area (Å²) in [5.41, 5.74) is 0.441. The molecule has 0 bridgehead atoms. The minimum atomic E-state index is -1.01. The van der Waals surface area contributed by atoms with E-state index in [9.17, 15) is 22.4 Å². The molecule has 5 nitrogen and oxygen atoms in total. The molecule has 0 unspecified atom stereocenters. The molecule has 1 aliphatic heterocycles. The van der Waals surface area contributed by atoms with Crippen molar-refractivity contribution < 1.29 is 22.4 Å². The Kier molecular flexibility index (Phi) is 6.97. The van der Waals surface area contributed by atoms with Gasteiger partial charge < -0.3 is 10.6 Å². The Labute approximate surface area is 181 Å². The zero-order valence-electron chi connectivity index (χ0n) is 16.1. The molecular weight excluding hydrogens is 436 g/mol. The summed E-state index contributed by atoms with van der Waals surface area (Å²) in [5.74, 6) is -5.21. The van der Waals surface area contributed by atoms with E-state index in [-0.39, 0.29) is 23.9 Å². The van der Waals surface area contributed by atoms with Crippen molar-refractivity contribution in [2.45, 2.75) is 18.4 Å². The molecule has 10 heteroatoms. The second-order valence-electron chi connectivity index (χ2n) is 7.14. The third kappa shape index (κ3) is 4.72. The van der Waals surface area contributed by atoms with Crippen LogP contribution in [0.3, 0.4) is 0 Å². The number of H-pyrrole nitrogens is 1. The number of halogens is 5. The number of rotatable bonds is 4. The number of carbonyl (C=O) groups is 1. The maximum atomic E-state index is 14.6. The second kappa shape index (κ2) is 9.49. The van der Waals surface area contributed by atoms with Gasteiger partial charge in [0.1, 0.15) is 17.2 Å². The lowest BCUT2D eigenvalue weighted by molar-refractivity contribution is 0.0916. The van der Waals surface area contributed by atoms with Crippen LogP contribution in [0, 0.1) is 23.3 Å². The molecule has 1 aromatic heterocycles. The van der Waals surface area contributed by atoms with Gasteiger partial charge in [0.2, 0.25) is 0 Å². The summed E-state index contributed by atoms with van der Waals surface area (Å²) >= 11 is 0. The summed E-state index contributed by atoms with van der Waals surface area (Å²) in [7, 11) is 0. The Morgan fingerprint density at radius 2 is 1.74 bits per heavy atom. The fraction of sp³-hybridized carbons (Fsp3) is 0.238. The number of carbonyl (C=O) groups excluding carboxylic acids is 1. The van der Waals surface area contributed by atoms with E-state index in [1.807, 2.05) is 0 Å². The van der Waals surface area contributed by atoms with Gasteiger partial charge in [-0.15, -0.1) is 12.4 Å². The van der Waals surface area contributed by atoms with Gasteiger partial charge in [0.05, 0.1) is 5.69 Å². The molecule has 1 saturated heterocycles. The van der Waals surface area contributed by atoms with Gasteiger partial charge in [0, 0.05) is 30.3 Å². The number of aromatic amines is 1. The molecule has 0 radical (unpaired) electrons. The highest BCUT2D eigenvalue weighted by Crippen LogP contribution is 2.28. The highest BCUT2D eigenvalue weighted by atomic mass is 35.5. The number of hydrogen-bond acceptors (Lipinski definition) is 3. The van der Waals surface area contributed by atoms with E-state index < -0.39 is 40.8 Å². The molecule has 0 aliphatic carbocycles. The fourth-order valence-corrected chi connectivity index (χ4v) is 3.75. The van der Waals surface area contributed by atoms with Gasteiger partial charge in [-0.3, -0.25) is 9.89 Å². The first-order chi connectivity index (χ1) is 14.4. The van der Waals surface area contributed by atoms with Crippen LogP contribution in [0.2, 0.25) is 0 Å². The van der Waals surface area contributed by atoms with Crippen LogP contribution in [0.5, 0.6) is 0 Å². The number of nitrogens with zero attached hydrogens (tertiary/aromatic N) is 1. The number of nitrogens with one attached hydrogen (secondary N) is 3. The first-order valence-corrected chi connectivity index (χ1v) is 9.39. The summed E-state index contributed by atoms with van der Waals surface area (Å²) in [6.45, 7) is 0.933. The number of hydrogen-bond donors (Lipinski definition) is 3. The van der Waals surface area contributed by atoms with Gasteiger partial charge in [-0.25, -0.2) is 17.6 Å². The van der Waals surface area contributed by atoms with Crippen molar-refractivity contribution in [2.24, 2.45) is 0 Å². The molecule has 2 atom stereocenters. The van der Waals surface area contributed by atoms with Crippen molar-refractivity contribution in [2.75, 3.05) is 13.1 Å². The van der Waals surface area contributed by atoms with Crippen molar-refractivity contribution in [3.63, 3.8) is 0 Å². The molecular formula is C21H19ClF4N4O. The smallest absolute Gasteiger partial charge is 0.257 e. The number of piperidine rings is 1. The predicted molar refractivity (Wildman–Crippen MR) is 109 cm³/mol. The van der Waals surface area contributed by atoms with Gasteiger partial charge in [-0.2, -0.15) is 5.10 Å². The van der Waals surface area contributed by atoms with Crippen LogP contribution in [-0.4, -0.2) is 35.2 Å². The molecule has 2 heterocycles. The van der Waals surface area contributed by atoms with E-state index >= 15 is 0 Å². The highest BCUT2D eigenvalue weighted by molar-refractivity contribution is 5.95. The van der Waals surface area contributed by atoms with Crippen molar-refractivity contribution in [3.8, 4) is 11.3 Å². The topological polar surface area (TPSA) is 69.8 Å². The predicted octanol–water partition coefficient (Wildman–Crippen LogP) is 3.93. The lowest BCUT2D eigenvalue weighted by Crippen LogP contribution is -2.50. The molecule has 0 saturated carbocycles. The lowest BCUT2D eigenvalue weighted by atomic mass is 9.85. The van der Waals surface area contributed by atoms with Crippen LogP contribution in [0.15, 0.2) is 42.6 Å². The number of amides is 1. The van der Waals surface area contributed by atoms with Crippen LogP contribution in [0.25, 0.3) is 11.3 Å². The quantitative estimate of drug-likeness (QED) is 0.523. The van der Waals surface area contributed by atoms with Crippen molar-refractivity contribution in [3.05, 3.63) is 77.0 Å². The molecule has 1 amide bonds. The largest absolute Gasteiger partial charge is 0.347 e. The minimum Gasteiger partial charge on any atom is -0.347 e. The van der Waals surface area contributed by atoms with E-state index in [0.717, 1.165) is 24.3 Å². The van der Waals surface area contributed by atoms with Crippen molar-refractivity contribution in [1.82, 2.24) is 20.8 Å². The zero-order chi connectivity index (χ0) is 21.3. The van der Waals surface area contributed by atoms with E-state index in [1.54, 1.807) is 6.07 Å². The van der Waals surface area contributed by atoms with Gasteiger partial charge in [-0.1, -0.05) is 6.07 Å². The third-order valence-corrected chi connectivity index (χ3v) is 5.25. The van der Waals surface area contributed by atoms with Gasteiger partial charge in [-0.05, 0) is 48.9 Å². The molecule has 0 spiro atoms. The fourth-order valence-electron chi connectivity index (χ4n) is 3.75. The Morgan fingerprint density at radius 1 is 1.00 bits per heavy atom. The maximum absolute atomic E-state index is 14.6. The molecule has 1 fully saturated rings. The number of benzene rings is 2. The average molecular weight is 455 g/mol. The molecule has 31 heavy (non-hydrogen) atoms. The highest BCUT2D eigenvalue weighted by Gasteiger charge is 2.30. The summed E-state index contributed by atoms with van der Waals surface area (Å²) in [6.07, 6.45) is 1.99. The van der Waals surface area contributed by atoms with Gasteiger partial charge in [0.15, 0.2) is 11.6 Å². The number of aromatic nitrogens is 2. The van der Waals surface area contributed by atoms with E-state index in [4.69, 9.17) is 0 Å². The molecule has 4 rings (SSSR count). The molecule has 164 valence electrons. The monoisotopic (exact) mass is 454 g/mol. The minimum absolute atomic E-state index is 0. The van der Waals surface area contributed by atoms with Gasteiger partial charge in [0.25, 0.3) is 5.91 Å². The first kappa shape index (κ1) is 22.8. The first-order valence-electron chi connectivity index (χ1n) is 9.39. The van der Waals surface area contributed by atoms with Crippen molar-refractivity contribution in [1.29, 1.82) is 0 Å². The van der Waals surface area contributed by atoms with Crippen LogP contribution in [-0.2, 0) is 0 Å². The summed E-state index contributed by atoms with van der Waals surface area (Å²) in [5, 5.41) is 12.1. The normalized spacial score (nSPS) is 18.3. The molecule has 2 aromatic carbocycles. The van der Waals surface area contributed by atoms with E-state index in [2.05, 4.69) is 20.8 Å². The Balaban J connectivity index is 0.00000272. The van der Waals surface area contributed by atoms with Gasteiger partial charge >= 0.3 is 0 Å². The molecule has 3 aromatic rings. The molecule has 3 N–H and O–H groups in total. The summed E-state index contributed by atoms with van der Waals surface area (Å²) in [4.78, 5) is 12.7. The van der Waals surface area contributed by atoms with E-state index in [0.29, 0.717) is 30.8 Å². The SMILES string of the molecule is Cl.O=C(N[C@@H]1CNCC[C@H]1c1ccc(F)c(F)c1)c1c(F)cc(-c2ccn[nH]2)cc1F. The van der Waals surface area contributed by atoms with E-state index in [1.165, 1.54) is 12.3 Å². The summed E-state index contributed by atoms with van der Waals surface area (Å²) in [6, 6.07) is 6.67. The maximum Gasteiger partial charge on any atom is 0.257 e. The van der Waals surface area contributed by atoms with Crippen LogP contribution in [0.1, 0.15) is 28.3 Å².